The SMILES string of the molecule is Cc1cc(C)c(OCCC(NC(C)C)C(N)=O)c(C)c1. The molecule has 0 aliphatic heterocycles. The molecule has 0 fully saturated rings. The Hall–Kier alpha value is -1.55. The van der Waals surface area contributed by atoms with Crippen LogP contribution in [0.2, 0.25) is 0 Å². The summed E-state index contributed by atoms with van der Waals surface area (Å²) in [6.07, 6.45) is 0.570. The van der Waals surface area contributed by atoms with Gasteiger partial charge in [-0.2, -0.15) is 0 Å². The maximum absolute atomic E-state index is 11.4. The summed E-state index contributed by atoms with van der Waals surface area (Å²) < 4.78 is 5.84. The van der Waals surface area contributed by atoms with Crippen LogP contribution in [0.25, 0.3) is 0 Å². The van der Waals surface area contributed by atoms with Crippen molar-refractivity contribution >= 4 is 5.91 Å². The van der Waals surface area contributed by atoms with Gasteiger partial charge >= 0.3 is 0 Å². The summed E-state index contributed by atoms with van der Waals surface area (Å²) in [4.78, 5) is 11.4. The monoisotopic (exact) mass is 278 g/mol. The van der Waals surface area contributed by atoms with E-state index in [1.807, 2.05) is 27.7 Å². The van der Waals surface area contributed by atoms with Crippen molar-refractivity contribution in [2.24, 2.45) is 5.73 Å². The zero-order valence-corrected chi connectivity index (χ0v) is 13.1. The first-order valence-corrected chi connectivity index (χ1v) is 7.07. The van der Waals surface area contributed by atoms with Gasteiger partial charge in [0.25, 0.3) is 0 Å². The van der Waals surface area contributed by atoms with E-state index in [1.165, 1.54) is 5.56 Å². The van der Waals surface area contributed by atoms with Crippen molar-refractivity contribution < 1.29 is 9.53 Å². The normalized spacial score (nSPS) is 12.5. The molecule has 20 heavy (non-hydrogen) atoms. The number of nitrogens with two attached hydrogens (primary N) is 1. The van der Waals surface area contributed by atoms with E-state index < -0.39 is 0 Å². The number of carbonyl (C=O) groups excluding carboxylic acids is 1. The average molecular weight is 278 g/mol. The van der Waals surface area contributed by atoms with Crippen molar-refractivity contribution in [3.8, 4) is 5.75 Å². The second kappa shape index (κ2) is 7.29. The number of rotatable bonds is 7. The molecule has 1 amide bonds. The van der Waals surface area contributed by atoms with Crippen molar-refractivity contribution in [3.63, 3.8) is 0 Å². The average Bonchev–Trinajstić information content (AvgIpc) is 2.30. The van der Waals surface area contributed by atoms with E-state index in [-0.39, 0.29) is 18.0 Å². The van der Waals surface area contributed by atoms with Crippen molar-refractivity contribution in [2.75, 3.05) is 6.61 Å². The van der Waals surface area contributed by atoms with E-state index >= 15 is 0 Å². The minimum atomic E-state index is -0.346. The third-order valence-corrected chi connectivity index (χ3v) is 3.14. The van der Waals surface area contributed by atoms with Crippen LogP contribution in [-0.4, -0.2) is 24.6 Å². The molecule has 0 radical (unpaired) electrons. The maximum atomic E-state index is 11.4. The molecule has 0 spiro atoms. The fourth-order valence-electron chi connectivity index (χ4n) is 2.38. The molecule has 1 aromatic rings. The van der Waals surface area contributed by atoms with E-state index in [2.05, 4.69) is 24.4 Å². The quantitative estimate of drug-likeness (QED) is 0.804. The van der Waals surface area contributed by atoms with Crippen molar-refractivity contribution in [1.29, 1.82) is 0 Å². The predicted octanol–water partition coefficient (Wildman–Crippen LogP) is 2.23. The van der Waals surface area contributed by atoms with Gasteiger partial charge in [-0.1, -0.05) is 31.5 Å². The third kappa shape index (κ3) is 4.85. The van der Waals surface area contributed by atoms with Crippen LogP contribution in [0.3, 0.4) is 0 Å². The summed E-state index contributed by atoms with van der Waals surface area (Å²) in [6, 6.07) is 4.07. The van der Waals surface area contributed by atoms with E-state index in [1.54, 1.807) is 0 Å². The highest BCUT2D eigenvalue weighted by molar-refractivity contribution is 5.79. The lowest BCUT2D eigenvalue weighted by molar-refractivity contribution is -0.120. The van der Waals surface area contributed by atoms with Gasteiger partial charge in [-0.15, -0.1) is 0 Å². The number of benzene rings is 1. The van der Waals surface area contributed by atoms with Gasteiger partial charge in [0.2, 0.25) is 5.91 Å². The van der Waals surface area contributed by atoms with Gasteiger partial charge in [0.1, 0.15) is 5.75 Å². The number of hydrogen-bond donors (Lipinski definition) is 2. The number of amides is 1. The van der Waals surface area contributed by atoms with Crippen LogP contribution in [0, 0.1) is 20.8 Å². The molecule has 0 aromatic heterocycles. The summed E-state index contributed by atoms with van der Waals surface area (Å²) in [6.45, 7) is 10.6. The van der Waals surface area contributed by atoms with Gasteiger partial charge in [0.05, 0.1) is 12.6 Å². The first-order valence-electron chi connectivity index (χ1n) is 7.07. The Balaban J connectivity index is 2.61. The summed E-state index contributed by atoms with van der Waals surface area (Å²) in [5.41, 5.74) is 8.85. The van der Waals surface area contributed by atoms with Crippen molar-refractivity contribution in [2.45, 2.75) is 53.1 Å². The molecule has 1 unspecified atom stereocenters. The van der Waals surface area contributed by atoms with E-state index in [9.17, 15) is 4.79 Å². The number of hydrogen-bond acceptors (Lipinski definition) is 3. The van der Waals surface area contributed by atoms with Gasteiger partial charge in [-0.3, -0.25) is 4.79 Å². The third-order valence-electron chi connectivity index (χ3n) is 3.14. The minimum Gasteiger partial charge on any atom is -0.493 e. The number of nitrogens with one attached hydrogen (secondary N) is 1. The molecule has 0 saturated heterocycles. The predicted molar refractivity (Wildman–Crippen MR) is 82.0 cm³/mol. The summed E-state index contributed by atoms with van der Waals surface area (Å²) in [5, 5.41) is 3.15. The van der Waals surface area contributed by atoms with E-state index in [4.69, 9.17) is 10.5 Å². The lowest BCUT2D eigenvalue weighted by Crippen LogP contribution is -2.45. The molecule has 0 aliphatic carbocycles. The molecule has 112 valence electrons. The Morgan fingerprint density at radius 2 is 1.80 bits per heavy atom. The van der Waals surface area contributed by atoms with Gasteiger partial charge in [0.15, 0.2) is 0 Å². The highest BCUT2D eigenvalue weighted by Gasteiger charge is 2.16. The van der Waals surface area contributed by atoms with Crippen molar-refractivity contribution in [1.82, 2.24) is 5.32 Å². The molecule has 4 nitrogen and oxygen atoms in total. The number of primary amides is 1. The number of aryl methyl sites for hydroxylation is 3. The lowest BCUT2D eigenvalue weighted by Gasteiger charge is -2.19. The zero-order chi connectivity index (χ0) is 15.3. The summed E-state index contributed by atoms with van der Waals surface area (Å²) >= 11 is 0. The molecule has 3 N–H and O–H groups in total. The van der Waals surface area contributed by atoms with Crippen LogP contribution in [0.4, 0.5) is 0 Å². The van der Waals surface area contributed by atoms with Gasteiger partial charge in [-0.25, -0.2) is 0 Å². The highest BCUT2D eigenvalue weighted by Crippen LogP contribution is 2.24. The standard InChI is InChI=1S/C16H26N2O2/c1-10(2)18-14(16(17)19)6-7-20-15-12(4)8-11(3)9-13(15)5/h8-10,14,18H,6-7H2,1-5H3,(H2,17,19). The fourth-order valence-corrected chi connectivity index (χ4v) is 2.38. The second-order valence-corrected chi connectivity index (χ2v) is 5.64. The number of ether oxygens (including phenoxy) is 1. The van der Waals surface area contributed by atoms with Crippen LogP contribution in [0.5, 0.6) is 5.75 Å². The molecule has 0 saturated carbocycles. The van der Waals surface area contributed by atoms with Gasteiger partial charge in [-0.05, 0) is 31.9 Å². The Kier molecular flexibility index (Phi) is 6.02. The Labute approximate surface area is 121 Å². The molecular weight excluding hydrogens is 252 g/mol. The molecule has 0 aliphatic rings. The lowest BCUT2D eigenvalue weighted by atomic mass is 10.1. The fraction of sp³-hybridized carbons (Fsp3) is 0.562. The highest BCUT2D eigenvalue weighted by atomic mass is 16.5. The van der Waals surface area contributed by atoms with Crippen LogP contribution in [0.1, 0.15) is 37.0 Å². The largest absolute Gasteiger partial charge is 0.493 e. The summed E-state index contributed by atoms with van der Waals surface area (Å²) in [5.74, 6) is 0.572. The molecule has 1 aromatic carbocycles. The van der Waals surface area contributed by atoms with Gasteiger partial charge < -0.3 is 15.8 Å². The molecule has 1 rings (SSSR count). The van der Waals surface area contributed by atoms with E-state index in [0.717, 1.165) is 16.9 Å². The Morgan fingerprint density at radius 1 is 1.25 bits per heavy atom. The van der Waals surface area contributed by atoms with Crippen LogP contribution in [0.15, 0.2) is 12.1 Å². The topological polar surface area (TPSA) is 64.3 Å². The number of carbonyl (C=O) groups is 1. The minimum absolute atomic E-state index is 0.218. The molecule has 1 atom stereocenters. The smallest absolute Gasteiger partial charge is 0.234 e. The zero-order valence-electron chi connectivity index (χ0n) is 13.1. The summed E-state index contributed by atoms with van der Waals surface area (Å²) in [7, 11) is 0. The molecule has 4 heteroatoms. The van der Waals surface area contributed by atoms with Crippen LogP contribution >= 0.6 is 0 Å². The Morgan fingerprint density at radius 3 is 2.25 bits per heavy atom. The first kappa shape index (κ1) is 16.5. The molecular formula is C16H26N2O2. The van der Waals surface area contributed by atoms with E-state index in [0.29, 0.717) is 13.0 Å². The molecule has 0 heterocycles. The second-order valence-electron chi connectivity index (χ2n) is 5.64. The van der Waals surface area contributed by atoms with Crippen LogP contribution in [-0.2, 0) is 4.79 Å². The Bertz CT molecular complexity index is 447. The molecule has 0 bridgehead atoms. The van der Waals surface area contributed by atoms with Crippen molar-refractivity contribution in [3.05, 3.63) is 28.8 Å². The van der Waals surface area contributed by atoms with Crippen LogP contribution < -0.4 is 15.8 Å². The van der Waals surface area contributed by atoms with Gasteiger partial charge in [0, 0.05) is 12.5 Å². The first-order chi connectivity index (χ1) is 9.31. The maximum Gasteiger partial charge on any atom is 0.234 e.